The minimum absolute atomic E-state index is 0.586. The van der Waals surface area contributed by atoms with Crippen molar-refractivity contribution in [3.05, 3.63) is 65.2 Å². The summed E-state index contributed by atoms with van der Waals surface area (Å²) in [6.45, 7) is 3.65. The molecule has 2 aromatic carbocycles. The standard InChI is InChI=1S/C25H31N2OS/c1-19-8-5-6-11-23(19)26-18-25(28,27-16-7-17-29-24(26)27)22-14-12-21(13-15-22)20-9-3-2-4-10-20/h5-6,8,11-15,20,28H,2-4,7,9-10,16-18H2,1H3/q+1/t25-/m1/s1. The van der Waals surface area contributed by atoms with Crippen LogP contribution in [0, 0.1) is 6.92 Å². The van der Waals surface area contributed by atoms with Crippen LogP contribution >= 0.6 is 11.8 Å². The SMILES string of the molecule is Cc1ccccc1N1C[C@@](O)(c2ccc(C3CCCCC3)cc2)[N+]2=C1SCCC2. The zero-order valence-corrected chi connectivity index (χ0v) is 18.1. The van der Waals surface area contributed by atoms with Crippen molar-refractivity contribution in [2.45, 2.75) is 57.1 Å². The van der Waals surface area contributed by atoms with Gasteiger partial charge in [-0.25, -0.2) is 9.48 Å². The molecular weight excluding hydrogens is 376 g/mol. The predicted molar refractivity (Wildman–Crippen MR) is 122 cm³/mol. The summed E-state index contributed by atoms with van der Waals surface area (Å²) < 4.78 is 2.24. The lowest BCUT2D eigenvalue weighted by Crippen LogP contribution is -2.41. The summed E-state index contributed by atoms with van der Waals surface area (Å²) in [4.78, 5) is 2.33. The summed E-state index contributed by atoms with van der Waals surface area (Å²) in [7, 11) is 0. The van der Waals surface area contributed by atoms with Gasteiger partial charge in [0, 0.05) is 11.3 Å². The zero-order chi connectivity index (χ0) is 19.8. The number of amidine groups is 1. The smallest absolute Gasteiger partial charge is 0.316 e. The van der Waals surface area contributed by atoms with Crippen molar-refractivity contribution >= 4 is 22.6 Å². The molecule has 0 spiro atoms. The Morgan fingerprint density at radius 3 is 2.52 bits per heavy atom. The highest BCUT2D eigenvalue weighted by Crippen LogP contribution is 2.39. The molecule has 5 rings (SSSR count). The van der Waals surface area contributed by atoms with Gasteiger partial charge in [-0.2, -0.15) is 0 Å². The second kappa shape index (κ2) is 7.81. The Labute approximate surface area is 178 Å². The van der Waals surface area contributed by atoms with Gasteiger partial charge in [-0.3, -0.25) is 0 Å². The van der Waals surface area contributed by atoms with Crippen molar-refractivity contribution in [2.24, 2.45) is 0 Å². The van der Waals surface area contributed by atoms with E-state index in [1.165, 1.54) is 54.1 Å². The largest absolute Gasteiger partial charge is 0.346 e. The quantitative estimate of drug-likeness (QED) is 0.707. The van der Waals surface area contributed by atoms with Gasteiger partial charge < -0.3 is 5.11 Å². The monoisotopic (exact) mass is 407 g/mol. The number of hydrogen-bond donors (Lipinski definition) is 1. The highest BCUT2D eigenvalue weighted by molar-refractivity contribution is 8.13. The summed E-state index contributed by atoms with van der Waals surface area (Å²) >= 11 is 1.88. The molecule has 0 amide bonds. The number of benzene rings is 2. The van der Waals surface area contributed by atoms with Crippen molar-refractivity contribution in [3.8, 4) is 0 Å². The molecule has 0 saturated heterocycles. The van der Waals surface area contributed by atoms with Crippen molar-refractivity contribution in [2.75, 3.05) is 23.7 Å². The van der Waals surface area contributed by atoms with Gasteiger partial charge in [-0.1, -0.05) is 61.7 Å². The molecule has 1 aliphatic carbocycles. The molecule has 1 atom stereocenters. The Morgan fingerprint density at radius 1 is 1.00 bits per heavy atom. The Kier molecular flexibility index (Phi) is 5.17. The lowest BCUT2D eigenvalue weighted by Gasteiger charge is -2.26. The summed E-state index contributed by atoms with van der Waals surface area (Å²) in [5, 5.41) is 13.1. The van der Waals surface area contributed by atoms with Crippen LogP contribution in [0.25, 0.3) is 0 Å². The molecule has 0 bridgehead atoms. The summed E-state index contributed by atoms with van der Waals surface area (Å²) in [5.41, 5.74) is 3.96. The number of nitrogens with zero attached hydrogens (tertiary/aromatic N) is 2. The number of para-hydroxylation sites is 1. The van der Waals surface area contributed by atoms with E-state index in [0.717, 1.165) is 24.3 Å². The van der Waals surface area contributed by atoms with E-state index in [4.69, 9.17) is 0 Å². The van der Waals surface area contributed by atoms with Crippen LogP contribution in [-0.4, -0.2) is 33.7 Å². The van der Waals surface area contributed by atoms with Crippen LogP contribution in [0.4, 0.5) is 5.69 Å². The molecule has 29 heavy (non-hydrogen) atoms. The normalized spacial score (nSPS) is 25.4. The Hall–Kier alpha value is -1.78. The summed E-state index contributed by atoms with van der Waals surface area (Å²) in [6, 6.07) is 17.4. The predicted octanol–water partition coefficient (Wildman–Crippen LogP) is 5.21. The van der Waals surface area contributed by atoms with Crippen LogP contribution < -0.4 is 4.90 Å². The van der Waals surface area contributed by atoms with Crippen LogP contribution in [0.15, 0.2) is 48.5 Å². The number of hydrogen-bond acceptors (Lipinski definition) is 3. The van der Waals surface area contributed by atoms with Crippen LogP contribution in [0.5, 0.6) is 0 Å². The molecule has 2 aliphatic heterocycles. The van der Waals surface area contributed by atoms with E-state index >= 15 is 0 Å². The first-order valence-electron chi connectivity index (χ1n) is 11.1. The second-order valence-electron chi connectivity index (χ2n) is 8.78. The third kappa shape index (κ3) is 3.40. The molecule has 1 saturated carbocycles. The zero-order valence-electron chi connectivity index (χ0n) is 17.3. The summed E-state index contributed by atoms with van der Waals surface area (Å²) in [5.74, 6) is 1.82. The molecule has 0 unspecified atom stereocenters. The van der Waals surface area contributed by atoms with Crippen LogP contribution in [0.2, 0.25) is 0 Å². The first kappa shape index (κ1) is 19.2. The number of anilines is 1. The topological polar surface area (TPSA) is 26.5 Å². The number of rotatable bonds is 3. The van der Waals surface area contributed by atoms with E-state index in [2.05, 4.69) is 64.9 Å². The maximum absolute atomic E-state index is 11.9. The molecule has 1 fully saturated rings. The molecule has 1 N–H and O–H groups in total. The number of β-amino-alcohol motifs (C(OH)–C–C–N with tert-alkyl or cyclic N) is 1. The number of thioether (sulfide) groups is 1. The molecular formula is C25H31N2OS+. The fourth-order valence-corrected chi connectivity index (χ4v) is 6.43. The van der Waals surface area contributed by atoms with Gasteiger partial charge in [0.2, 0.25) is 0 Å². The average molecular weight is 408 g/mol. The maximum atomic E-state index is 11.9. The fourth-order valence-electron chi connectivity index (χ4n) is 5.26. The van der Waals surface area contributed by atoms with Crippen molar-refractivity contribution in [1.29, 1.82) is 0 Å². The third-order valence-corrected chi connectivity index (χ3v) is 8.09. The molecule has 4 heteroatoms. The molecule has 3 aliphatic rings. The Bertz CT molecular complexity index is 917. The van der Waals surface area contributed by atoms with Gasteiger partial charge in [0.25, 0.3) is 5.72 Å². The van der Waals surface area contributed by atoms with Crippen LogP contribution in [-0.2, 0) is 5.72 Å². The van der Waals surface area contributed by atoms with Crippen molar-refractivity contribution in [3.63, 3.8) is 0 Å². The van der Waals surface area contributed by atoms with Crippen LogP contribution in [0.1, 0.15) is 61.1 Å². The van der Waals surface area contributed by atoms with Crippen molar-refractivity contribution in [1.82, 2.24) is 0 Å². The molecule has 2 heterocycles. The first-order chi connectivity index (χ1) is 14.2. The number of aryl methyl sites for hydroxylation is 1. The molecule has 152 valence electrons. The number of aliphatic hydroxyl groups is 1. The van der Waals surface area contributed by atoms with Crippen molar-refractivity contribution < 1.29 is 9.68 Å². The van der Waals surface area contributed by atoms with E-state index in [0.29, 0.717) is 12.5 Å². The minimum Gasteiger partial charge on any atom is -0.346 e. The molecule has 0 radical (unpaired) electrons. The summed E-state index contributed by atoms with van der Waals surface area (Å²) in [6.07, 6.45) is 7.82. The molecule has 0 aromatic heterocycles. The van der Waals surface area contributed by atoms with Crippen LogP contribution in [0.3, 0.4) is 0 Å². The van der Waals surface area contributed by atoms with E-state index in [-0.39, 0.29) is 0 Å². The first-order valence-corrected chi connectivity index (χ1v) is 12.1. The Balaban J connectivity index is 1.49. The lowest BCUT2D eigenvalue weighted by atomic mass is 9.83. The highest BCUT2D eigenvalue weighted by atomic mass is 32.2. The van der Waals surface area contributed by atoms with E-state index in [1.54, 1.807) is 0 Å². The van der Waals surface area contributed by atoms with Gasteiger partial charge in [-0.15, -0.1) is 0 Å². The Morgan fingerprint density at radius 2 is 1.76 bits per heavy atom. The van der Waals surface area contributed by atoms with Gasteiger partial charge in [0.1, 0.15) is 5.69 Å². The van der Waals surface area contributed by atoms with Gasteiger partial charge >= 0.3 is 5.17 Å². The van der Waals surface area contributed by atoms with E-state index < -0.39 is 5.72 Å². The van der Waals surface area contributed by atoms with E-state index in [1.807, 2.05) is 11.8 Å². The van der Waals surface area contributed by atoms with Gasteiger partial charge in [0.05, 0.1) is 6.54 Å². The van der Waals surface area contributed by atoms with Gasteiger partial charge in [0.15, 0.2) is 6.54 Å². The second-order valence-corrected chi connectivity index (χ2v) is 9.84. The molecule has 2 aromatic rings. The highest BCUT2D eigenvalue weighted by Gasteiger charge is 2.53. The lowest BCUT2D eigenvalue weighted by molar-refractivity contribution is -0.656. The molecule has 3 nitrogen and oxygen atoms in total. The average Bonchev–Trinajstić information content (AvgIpc) is 3.09. The van der Waals surface area contributed by atoms with Gasteiger partial charge in [-0.05, 0) is 61.1 Å². The fraction of sp³-hybridized carbons (Fsp3) is 0.480. The van der Waals surface area contributed by atoms with E-state index in [9.17, 15) is 5.11 Å². The third-order valence-electron chi connectivity index (χ3n) is 6.90. The maximum Gasteiger partial charge on any atom is 0.316 e. The minimum atomic E-state index is -0.962.